The van der Waals surface area contributed by atoms with E-state index >= 15 is 0 Å². The minimum Gasteiger partial charge on any atom is -0.485 e. The van der Waals surface area contributed by atoms with E-state index in [0.717, 1.165) is 12.8 Å². The molecule has 112 valence electrons. The van der Waals surface area contributed by atoms with Crippen molar-refractivity contribution in [1.82, 2.24) is 5.32 Å². The van der Waals surface area contributed by atoms with Crippen molar-refractivity contribution < 1.29 is 24.2 Å². The zero-order chi connectivity index (χ0) is 14.9. The molecule has 6 heteroatoms. The third-order valence-corrected chi connectivity index (χ3v) is 4.03. The maximum atomic E-state index is 12.3. The smallest absolute Gasteiger partial charge is 0.329 e. The van der Waals surface area contributed by atoms with Gasteiger partial charge < -0.3 is 19.9 Å². The van der Waals surface area contributed by atoms with E-state index < -0.39 is 23.5 Å². The SMILES string of the molecule is O=C(NC1(C(=O)O)CCCC1)[C@@H]1COc2ccccc2O1. The number of carboxylic acid groups (broad SMARTS) is 1. The first-order valence-electron chi connectivity index (χ1n) is 7.05. The van der Waals surface area contributed by atoms with Crippen LogP contribution in [-0.2, 0) is 9.59 Å². The number of ether oxygens (including phenoxy) is 2. The topological polar surface area (TPSA) is 84.9 Å². The third-order valence-electron chi connectivity index (χ3n) is 4.03. The maximum Gasteiger partial charge on any atom is 0.329 e. The van der Waals surface area contributed by atoms with Crippen molar-refractivity contribution in [3.63, 3.8) is 0 Å². The van der Waals surface area contributed by atoms with E-state index in [1.54, 1.807) is 18.2 Å². The van der Waals surface area contributed by atoms with Gasteiger partial charge in [0.05, 0.1) is 0 Å². The van der Waals surface area contributed by atoms with Crippen LogP contribution in [0.25, 0.3) is 0 Å². The van der Waals surface area contributed by atoms with Gasteiger partial charge in [-0.3, -0.25) is 4.79 Å². The summed E-state index contributed by atoms with van der Waals surface area (Å²) in [5.41, 5.74) is -1.16. The quantitative estimate of drug-likeness (QED) is 0.878. The number of fused-ring (bicyclic) bond motifs is 1. The molecule has 1 saturated carbocycles. The fraction of sp³-hybridized carbons (Fsp3) is 0.467. The van der Waals surface area contributed by atoms with Gasteiger partial charge in [-0.2, -0.15) is 0 Å². The number of hydrogen-bond donors (Lipinski definition) is 2. The van der Waals surface area contributed by atoms with Gasteiger partial charge in [-0.05, 0) is 25.0 Å². The first kappa shape index (κ1) is 13.7. The lowest BCUT2D eigenvalue weighted by Crippen LogP contribution is -2.57. The van der Waals surface area contributed by atoms with Crippen molar-refractivity contribution in [1.29, 1.82) is 0 Å². The zero-order valence-electron chi connectivity index (χ0n) is 11.5. The second-order valence-electron chi connectivity index (χ2n) is 5.45. The molecule has 1 aliphatic carbocycles. The molecule has 0 saturated heterocycles. The molecule has 2 aliphatic rings. The molecule has 0 bridgehead atoms. The number of para-hydroxylation sites is 2. The second kappa shape index (κ2) is 5.27. The standard InChI is InChI=1S/C15H17NO5/c17-13(16-15(14(18)19)7-3-4-8-15)12-9-20-10-5-1-2-6-11(10)21-12/h1-2,5-6,12H,3-4,7-9H2,(H,16,17)(H,18,19)/t12-/m0/s1. The van der Waals surface area contributed by atoms with Gasteiger partial charge in [0.2, 0.25) is 6.10 Å². The highest BCUT2D eigenvalue weighted by molar-refractivity contribution is 5.89. The zero-order valence-corrected chi connectivity index (χ0v) is 11.5. The molecule has 3 rings (SSSR count). The van der Waals surface area contributed by atoms with Crippen LogP contribution in [0.2, 0.25) is 0 Å². The molecule has 1 heterocycles. The lowest BCUT2D eigenvalue weighted by atomic mass is 9.97. The molecule has 1 aliphatic heterocycles. The van der Waals surface area contributed by atoms with Crippen LogP contribution in [0, 0.1) is 0 Å². The van der Waals surface area contributed by atoms with Gasteiger partial charge >= 0.3 is 5.97 Å². The summed E-state index contributed by atoms with van der Waals surface area (Å²) in [6.07, 6.45) is 1.70. The monoisotopic (exact) mass is 291 g/mol. The Hall–Kier alpha value is -2.24. The molecular weight excluding hydrogens is 274 g/mol. The Morgan fingerprint density at radius 1 is 1.19 bits per heavy atom. The van der Waals surface area contributed by atoms with Crippen molar-refractivity contribution in [2.75, 3.05) is 6.61 Å². The first-order chi connectivity index (χ1) is 10.1. The maximum absolute atomic E-state index is 12.3. The summed E-state index contributed by atoms with van der Waals surface area (Å²) >= 11 is 0. The van der Waals surface area contributed by atoms with Gasteiger partial charge in [0, 0.05) is 0 Å². The molecule has 1 atom stereocenters. The van der Waals surface area contributed by atoms with Crippen molar-refractivity contribution in [2.45, 2.75) is 37.3 Å². The Kier molecular flexibility index (Phi) is 3.45. The number of nitrogens with one attached hydrogen (secondary N) is 1. The average Bonchev–Trinajstić information content (AvgIpc) is 2.96. The van der Waals surface area contributed by atoms with Crippen LogP contribution in [0.3, 0.4) is 0 Å². The van der Waals surface area contributed by atoms with Gasteiger partial charge in [0.15, 0.2) is 11.5 Å². The van der Waals surface area contributed by atoms with Crippen molar-refractivity contribution in [3.8, 4) is 11.5 Å². The van der Waals surface area contributed by atoms with Crippen molar-refractivity contribution >= 4 is 11.9 Å². The van der Waals surface area contributed by atoms with Gasteiger partial charge in [-0.1, -0.05) is 25.0 Å². The first-order valence-corrected chi connectivity index (χ1v) is 7.05. The van der Waals surface area contributed by atoms with Gasteiger partial charge in [0.25, 0.3) is 5.91 Å². The number of aliphatic carboxylic acids is 1. The largest absolute Gasteiger partial charge is 0.485 e. The van der Waals surface area contributed by atoms with Crippen LogP contribution in [0.5, 0.6) is 11.5 Å². The van der Waals surface area contributed by atoms with E-state index in [-0.39, 0.29) is 6.61 Å². The van der Waals surface area contributed by atoms with E-state index in [2.05, 4.69) is 5.32 Å². The van der Waals surface area contributed by atoms with Crippen LogP contribution in [0.15, 0.2) is 24.3 Å². The van der Waals surface area contributed by atoms with Gasteiger partial charge in [-0.15, -0.1) is 0 Å². The van der Waals surface area contributed by atoms with Crippen molar-refractivity contribution in [3.05, 3.63) is 24.3 Å². The molecule has 1 aromatic carbocycles. The molecule has 6 nitrogen and oxygen atoms in total. The Balaban J connectivity index is 1.71. The average molecular weight is 291 g/mol. The lowest BCUT2D eigenvalue weighted by molar-refractivity contribution is -0.149. The fourth-order valence-electron chi connectivity index (χ4n) is 2.84. The van der Waals surface area contributed by atoms with Crippen LogP contribution in [-0.4, -0.2) is 35.2 Å². The molecule has 2 N–H and O–H groups in total. The minimum absolute atomic E-state index is 0.0819. The summed E-state index contributed by atoms with van der Waals surface area (Å²) in [5, 5.41) is 12.0. The molecule has 0 aromatic heterocycles. The van der Waals surface area contributed by atoms with Crippen LogP contribution in [0.4, 0.5) is 0 Å². The Morgan fingerprint density at radius 2 is 1.86 bits per heavy atom. The van der Waals surface area contributed by atoms with E-state index in [1.165, 1.54) is 0 Å². The van der Waals surface area contributed by atoms with Crippen molar-refractivity contribution in [2.24, 2.45) is 0 Å². The molecule has 21 heavy (non-hydrogen) atoms. The summed E-state index contributed by atoms with van der Waals surface area (Å²) in [6, 6.07) is 7.09. The third kappa shape index (κ3) is 2.53. The number of carboxylic acids is 1. The van der Waals surface area contributed by atoms with E-state index in [0.29, 0.717) is 24.3 Å². The van der Waals surface area contributed by atoms with Crippen LogP contribution in [0.1, 0.15) is 25.7 Å². The minimum atomic E-state index is -1.16. The number of benzene rings is 1. The van der Waals surface area contributed by atoms with E-state index in [9.17, 15) is 14.7 Å². The Morgan fingerprint density at radius 3 is 2.52 bits per heavy atom. The highest BCUT2D eigenvalue weighted by atomic mass is 16.6. The summed E-state index contributed by atoms with van der Waals surface area (Å²) in [6.45, 7) is 0.0819. The number of rotatable bonds is 3. The predicted molar refractivity (Wildman–Crippen MR) is 73.3 cm³/mol. The Labute approximate surface area is 122 Å². The van der Waals surface area contributed by atoms with Crippen LogP contribution < -0.4 is 14.8 Å². The summed E-state index contributed by atoms with van der Waals surface area (Å²) in [7, 11) is 0. The molecular formula is C15H17NO5. The molecule has 1 amide bonds. The summed E-state index contributed by atoms with van der Waals surface area (Å²) in [5.74, 6) is -0.325. The fourth-order valence-corrected chi connectivity index (χ4v) is 2.84. The van der Waals surface area contributed by atoms with Crippen LogP contribution >= 0.6 is 0 Å². The number of carbonyl (C=O) groups excluding carboxylic acids is 1. The molecule has 1 aromatic rings. The van der Waals surface area contributed by atoms with Gasteiger partial charge in [0.1, 0.15) is 12.1 Å². The van der Waals surface area contributed by atoms with Gasteiger partial charge in [-0.25, -0.2) is 4.79 Å². The summed E-state index contributed by atoms with van der Waals surface area (Å²) in [4.78, 5) is 23.7. The second-order valence-corrected chi connectivity index (χ2v) is 5.45. The number of hydrogen-bond acceptors (Lipinski definition) is 4. The predicted octanol–water partition coefficient (Wildman–Crippen LogP) is 1.34. The molecule has 1 fully saturated rings. The highest BCUT2D eigenvalue weighted by Crippen LogP contribution is 2.33. The number of carbonyl (C=O) groups is 2. The molecule has 0 radical (unpaired) electrons. The highest BCUT2D eigenvalue weighted by Gasteiger charge is 2.44. The Bertz CT molecular complexity index is 565. The molecule has 0 unspecified atom stereocenters. The van der Waals surface area contributed by atoms with E-state index in [4.69, 9.17) is 9.47 Å². The normalized spacial score (nSPS) is 22.6. The summed E-state index contributed by atoms with van der Waals surface area (Å²) < 4.78 is 11.1. The lowest BCUT2D eigenvalue weighted by Gasteiger charge is -2.30. The molecule has 0 spiro atoms. The van der Waals surface area contributed by atoms with E-state index in [1.807, 2.05) is 6.07 Å². The number of amides is 1.